The molecule has 0 saturated heterocycles. The van der Waals surface area contributed by atoms with Gasteiger partial charge < -0.3 is 10.4 Å². The molecule has 4 aromatic rings. The fraction of sp³-hybridized carbons (Fsp3) is 0.100. The normalized spacial score (nSPS) is 11.0. The number of hydrogen-bond donors (Lipinski definition) is 3. The lowest BCUT2D eigenvalue weighted by Gasteiger charge is -2.16. The van der Waals surface area contributed by atoms with Crippen molar-refractivity contribution in [1.29, 1.82) is 0 Å². The van der Waals surface area contributed by atoms with Crippen LogP contribution in [0.15, 0.2) is 60.8 Å². The summed E-state index contributed by atoms with van der Waals surface area (Å²) in [5, 5.41) is 16.0. The minimum Gasteiger partial charge on any atom is -0.507 e. The lowest BCUT2D eigenvalue weighted by molar-refractivity contribution is 0.102. The molecule has 0 bridgehead atoms. The maximum atomic E-state index is 12.4. The van der Waals surface area contributed by atoms with Gasteiger partial charge in [-0.25, -0.2) is 4.98 Å². The van der Waals surface area contributed by atoms with Crippen LogP contribution < -0.4 is 5.32 Å². The predicted octanol–water partition coefficient (Wildman–Crippen LogP) is 3.68. The quantitative estimate of drug-likeness (QED) is 0.527. The number of aryl methyl sites for hydroxylation is 1. The molecule has 0 radical (unpaired) electrons. The Labute approximate surface area is 150 Å². The standard InChI is InChI=1S/C20H18N4O2/c1-13-7-8-16(18(25)10-13)20(26)22-15-5-2-4-14(11-15)12-24-19-17(23-24)6-3-9-21-19/h2-11,23,25H,12H2,1H3,(H,22,26). The third-order valence-corrected chi connectivity index (χ3v) is 4.22. The lowest BCUT2D eigenvalue weighted by Crippen LogP contribution is -2.14. The van der Waals surface area contributed by atoms with Crippen LogP contribution in [0.25, 0.3) is 11.2 Å². The number of anilines is 1. The van der Waals surface area contributed by atoms with E-state index in [0.29, 0.717) is 12.2 Å². The number of aromatic hydroxyl groups is 1. The van der Waals surface area contributed by atoms with Crippen molar-refractivity contribution >= 4 is 22.8 Å². The molecule has 0 aliphatic heterocycles. The highest BCUT2D eigenvalue weighted by Crippen LogP contribution is 2.21. The van der Waals surface area contributed by atoms with Crippen LogP contribution in [-0.2, 0) is 6.54 Å². The van der Waals surface area contributed by atoms with Gasteiger partial charge in [-0.05, 0) is 54.4 Å². The Hall–Kier alpha value is -3.54. The van der Waals surface area contributed by atoms with Gasteiger partial charge in [0, 0.05) is 11.9 Å². The Bertz CT molecular complexity index is 1090. The first-order valence-electron chi connectivity index (χ1n) is 8.29. The third-order valence-electron chi connectivity index (χ3n) is 4.22. The highest BCUT2D eigenvalue weighted by Gasteiger charge is 2.12. The molecule has 0 aliphatic rings. The molecule has 26 heavy (non-hydrogen) atoms. The number of H-pyrrole nitrogens is 1. The molecule has 0 unspecified atom stereocenters. The number of phenolic OH excluding ortho intramolecular Hbond substituents is 1. The molecule has 1 amide bonds. The van der Waals surface area contributed by atoms with Crippen molar-refractivity contribution in [3.05, 3.63) is 77.5 Å². The minimum atomic E-state index is -0.339. The number of carbonyl (C=O) groups excluding carboxylic acids is 1. The summed E-state index contributed by atoms with van der Waals surface area (Å²) in [5.41, 5.74) is 4.77. The van der Waals surface area contributed by atoms with E-state index in [-0.39, 0.29) is 17.2 Å². The van der Waals surface area contributed by atoms with E-state index < -0.39 is 0 Å². The number of phenols is 1. The molecule has 0 atom stereocenters. The van der Waals surface area contributed by atoms with E-state index >= 15 is 0 Å². The molecule has 130 valence electrons. The second-order valence-corrected chi connectivity index (χ2v) is 6.25. The molecule has 2 heterocycles. The number of nitrogens with one attached hydrogen (secondary N) is 2. The van der Waals surface area contributed by atoms with Crippen molar-refractivity contribution in [2.45, 2.75) is 13.5 Å². The van der Waals surface area contributed by atoms with Gasteiger partial charge in [0.05, 0.1) is 17.6 Å². The van der Waals surface area contributed by atoms with Crippen LogP contribution in [0.2, 0.25) is 0 Å². The van der Waals surface area contributed by atoms with Crippen LogP contribution in [-0.4, -0.2) is 25.8 Å². The lowest BCUT2D eigenvalue weighted by atomic mass is 10.1. The van der Waals surface area contributed by atoms with Gasteiger partial charge in [0.1, 0.15) is 5.75 Å². The summed E-state index contributed by atoms with van der Waals surface area (Å²) in [6.07, 6.45) is 1.76. The van der Waals surface area contributed by atoms with E-state index in [9.17, 15) is 9.90 Å². The van der Waals surface area contributed by atoms with E-state index in [1.54, 1.807) is 24.4 Å². The van der Waals surface area contributed by atoms with E-state index in [4.69, 9.17) is 0 Å². The summed E-state index contributed by atoms with van der Waals surface area (Å²) < 4.78 is 1.95. The number of fused-ring (bicyclic) bond motifs is 1. The molecule has 2 aromatic heterocycles. The molecular weight excluding hydrogens is 328 g/mol. The number of nitrogens with zero attached hydrogens (tertiary/aromatic N) is 2. The molecule has 3 N–H and O–H groups in total. The van der Waals surface area contributed by atoms with Crippen molar-refractivity contribution in [2.75, 3.05) is 5.32 Å². The number of benzene rings is 2. The SMILES string of the molecule is Cc1ccc(C(=O)Nc2cccc(Cn3[nH]c4cccnc43)c2)c(O)c1. The van der Waals surface area contributed by atoms with E-state index in [0.717, 1.165) is 22.3 Å². The molecule has 0 saturated carbocycles. The van der Waals surface area contributed by atoms with Gasteiger partial charge in [-0.2, -0.15) is 0 Å². The molecule has 6 nitrogen and oxygen atoms in total. The van der Waals surface area contributed by atoms with E-state index in [1.165, 1.54) is 0 Å². The highest BCUT2D eigenvalue weighted by molar-refractivity contribution is 6.06. The summed E-state index contributed by atoms with van der Waals surface area (Å²) in [6, 6.07) is 16.5. The number of aromatic nitrogens is 3. The Morgan fingerprint density at radius 3 is 2.88 bits per heavy atom. The second-order valence-electron chi connectivity index (χ2n) is 6.25. The molecule has 2 aromatic carbocycles. The average molecular weight is 346 g/mol. The number of amides is 1. The summed E-state index contributed by atoms with van der Waals surface area (Å²) in [4.78, 5) is 16.7. The monoisotopic (exact) mass is 346 g/mol. The maximum Gasteiger partial charge on any atom is 0.259 e. The summed E-state index contributed by atoms with van der Waals surface area (Å²) >= 11 is 0. The van der Waals surface area contributed by atoms with E-state index in [1.807, 2.05) is 48.0 Å². The minimum absolute atomic E-state index is 0.0221. The topological polar surface area (TPSA) is 82.9 Å². The Morgan fingerprint density at radius 2 is 2.08 bits per heavy atom. The number of hydrogen-bond acceptors (Lipinski definition) is 3. The molecule has 0 spiro atoms. The maximum absolute atomic E-state index is 12.4. The van der Waals surface area contributed by atoms with Crippen molar-refractivity contribution in [2.24, 2.45) is 0 Å². The third kappa shape index (κ3) is 3.04. The zero-order valence-corrected chi connectivity index (χ0v) is 14.2. The first kappa shape index (κ1) is 16.0. The molecule has 4 rings (SSSR count). The number of aromatic amines is 1. The Balaban J connectivity index is 1.51. The van der Waals surface area contributed by atoms with Crippen molar-refractivity contribution < 1.29 is 9.90 Å². The van der Waals surface area contributed by atoms with Crippen LogP contribution in [0.4, 0.5) is 5.69 Å². The number of carbonyl (C=O) groups is 1. The van der Waals surface area contributed by atoms with Crippen LogP contribution >= 0.6 is 0 Å². The van der Waals surface area contributed by atoms with Crippen LogP contribution in [0.5, 0.6) is 5.75 Å². The van der Waals surface area contributed by atoms with Gasteiger partial charge in [-0.3, -0.25) is 14.6 Å². The smallest absolute Gasteiger partial charge is 0.259 e. The van der Waals surface area contributed by atoms with Gasteiger partial charge in [-0.15, -0.1) is 0 Å². The zero-order chi connectivity index (χ0) is 18.1. The fourth-order valence-electron chi connectivity index (χ4n) is 2.92. The van der Waals surface area contributed by atoms with Crippen LogP contribution in [0.1, 0.15) is 21.5 Å². The van der Waals surface area contributed by atoms with Crippen molar-refractivity contribution in [3.8, 4) is 5.75 Å². The van der Waals surface area contributed by atoms with Gasteiger partial charge in [0.2, 0.25) is 0 Å². The molecule has 6 heteroatoms. The largest absolute Gasteiger partial charge is 0.507 e. The van der Waals surface area contributed by atoms with E-state index in [2.05, 4.69) is 15.4 Å². The first-order chi connectivity index (χ1) is 12.6. The Morgan fingerprint density at radius 1 is 1.19 bits per heavy atom. The number of pyridine rings is 1. The predicted molar refractivity (Wildman–Crippen MR) is 100 cm³/mol. The van der Waals surface area contributed by atoms with Gasteiger partial charge in [0.15, 0.2) is 5.65 Å². The van der Waals surface area contributed by atoms with Gasteiger partial charge in [0.25, 0.3) is 5.91 Å². The fourth-order valence-corrected chi connectivity index (χ4v) is 2.92. The molecule has 0 aliphatic carbocycles. The first-order valence-corrected chi connectivity index (χ1v) is 8.29. The zero-order valence-electron chi connectivity index (χ0n) is 14.2. The van der Waals surface area contributed by atoms with Gasteiger partial charge in [-0.1, -0.05) is 18.2 Å². The second kappa shape index (κ2) is 6.40. The Kier molecular flexibility index (Phi) is 3.93. The van der Waals surface area contributed by atoms with Crippen LogP contribution in [0.3, 0.4) is 0 Å². The summed E-state index contributed by atoms with van der Waals surface area (Å²) in [7, 11) is 0. The number of rotatable bonds is 4. The van der Waals surface area contributed by atoms with Crippen LogP contribution in [0, 0.1) is 6.92 Å². The average Bonchev–Trinajstić information content (AvgIpc) is 2.60. The van der Waals surface area contributed by atoms with Gasteiger partial charge >= 0.3 is 0 Å². The highest BCUT2D eigenvalue weighted by atomic mass is 16.3. The van der Waals surface area contributed by atoms with Crippen molar-refractivity contribution in [3.63, 3.8) is 0 Å². The molecule has 0 fully saturated rings. The summed E-state index contributed by atoms with van der Waals surface area (Å²) in [6.45, 7) is 2.49. The molecular formula is C20H18N4O2. The van der Waals surface area contributed by atoms with Crippen molar-refractivity contribution in [1.82, 2.24) is 14.8 Å². The summed E-state index contributed by atoms with van der Waals surface area (Å²) in [5.74, 6) is -0.361.